The van der Waals surface area contributed by atoms with Gasteiger partial charge in [0, 0.05) is 0 Å². The van der Waals surface area contributed by atoms with Crippen molar-refractivity contribution in [1.82, 2.24) is 9.97 Å². The second kappa shape index (κ2) is 2.88. The Morgan fingerprint density at radius 2 is 2.55 bits per heavy atom. The first-order valence-electron chi connectivity index (χ1n) is 3.01. The summed E-state index contributed by atoms with van der Waals surface area (Å²) in [6.45, 7) is 0. The Hall–Kier alpha value is -1.76. The number of nitrogens with one attached hydrogen (secondary N) is 1. The molecule has 4 nitrogen and oxygen atoms in total. The summed E-state index contributed by atoms with van der Waals surface area (Å²) in [7, 11) is 0. The number of hydrogen-bond donors (Lipinski definition) is 2. The van der Waals surface area contributed by atoms with E-state index in [-0.39, 0.29) is 11.2 Å². The number of aromatic amines is 1. The van der Waals surface area contributed by atoms with E-state index in [4.69, 9.17) is 12.2 Å². The lowest BCUT2D eigenvalue weighted by Crippen LogP contribution is -2.14. The van der Waals surface area contributed by atoms with E-state index >= 15 is 0 Å². The molecule has 0 bridgehead atoms. The van der Waals surface area contributed by atoms with Gasteiger partial charge in [0.15, 0.2) is 0 Å². The molecule has 0 radical (unpaired) electrons. The molecule has 0 saturated heterocycles. The number of nitrogens with zero attached hydrogens (tertiary/aromatic N) is 1. The molecule has 1 aromatic rings. The predicted molar refractivity (Wildman–Crippen MR) is 41.8 cm³/mol. The van der Waals surface area contributed by atoms with E-state index in [1.54, 1.807) is 0 Å². The zero-order chi connectivity index (χ0) is 8.27. The van der Waals surface area contributed by atoms with Gasteiger partial charge in [0.25, 0.3) is 5.56 Å². The molecule has 0 atom stereocenters. The molecule has 0 aliphatic rings. The highest BCUT2D eigenvalue weighted by Crippen LogP contribution is 1.89. The van der Waals surface area contributed by atoms with Crippen LogP contribution in [0.4, 0.5) is 5.69 Å². The van der Waals surface area contributed by atoms with E-state index in [1.807, 2.05) is 0 Å². The number of rotatable bonds is 1. The third kappa shape index (κ3) is 1.58. The maximum Gasteiger partial charge on any atom is 0.274 e. The monoisotopic (exact) mass is 149 g/mol. The van der Waals surface area contributed by atoms with Crippen molar-refractivity contribution in [2.24, 2.45) is 0 Å². The van der Waals surface area contributed by atoms with Gasteiger partial charge in [-0.3, -0.25) is 4.79 Å². The number of terminal acetylenes is 1. The lowest BCUT2D eigenvalue weighted by atomic mass is 10.4. The van der Waals surface area contributed by atoms with Crippen LogP contribution in [0, 0.1) is 12.3 Å². The quantitative estimate of drug-likeness (QED) is 0.530. The van der Waals surface area contributed by atoms with Crippen LogP contribution in [-0.2, 0) is 6.42 Å². The molecule has 1 rings (SSSR count). The Morgan fingerprint density at radius 3 is 3.09 bits per heavy atom. The Morgan fingerprint density at radius 1 is 1.82 bits per heavy atom. The number of anilines is 1. The number of aromatic nitrogens is 2. The van der Waals surface area contributed by atoms with Crippen molar-refractivity contribution < 1.29 is 0 Å². The molecule has 0 saturated carbocycles. The molecule has 4 heteroatoms. The molecule has 11 heavy (non-hydrogen) atoms. The van der Waals surface area contributed by atoms with Crippen LogP contribution in [-0.4, -0.2) is 9.97 Å². The summed E-state index contributed by atoms with van der Waals surface area (Å²) in [6.07, 6.45) is 6.62. The second-order valence-corrected chi connectivity index (χ2v) is 2.00. The van der Waals surface area contributed by atoms with Crippen molar-refractivity contribution in [1.29, 1.82) is 0 Å². The van der Waals surface area contributed by atoms with Gasteiger partial charge in [-0.25, -0.2) is 4.98 Å². The summed E-state index contributed by atoms with van der Waals surface area (Å²) in [6, 6.07) is 0. The van der Waals surface area contributed by atoms with Gasteiger partial charge in [-0.1, -0.05) is 5.92 Å². The lowest BCUT2D eigenvalue weighted by molar-refractivity contribution is 0.981. The Labute approximate surface area is 63.5 Å². The molecule has 0 unspecified atom stereocenters. The highest BCUT2D eigenvalue weighted by atomic mass is 16.1. The Balaban J connectivity index is 3.08. The molecule has 0 amide bonds. The fourth-order valence-corrected chi connectivity index (χ4v) is 0.628. The summed E-state index contributed by atoms with van der Waals surface area (Å²) in [4.78, 5) is 17.1. The van der Waals surface area contributed by atoms with Crippen LogP contribution < -0.4 is 11.3 Å². The highest BCUT2D eigenvalue weighted by molar-refractivity contribution is 5.30. The summed E-state index contributed by atoms with van der Waals surface area (Å²) >= 11 is 0. The van der Waals surface area contributed by atoms with Gasteiger partial charge < -0.3 is 10.7 Å². The number of nitrogens with two attached hydrogens (primary N) is 1. The average molecular weight is 149 g/mol. The molecule has 0 aromatic carbocycles. The maximum absolute atomic E-state index is 10.8. The molecule has 1 heterocycles. The largest absolute Gasteiger partial charge is 0.393 e. The molecular weight excluding hydrogens is 142 g/mol. The van der Waals surface area contributed by atoms with Crippen LogP contribution in [0.2, 0.25) is 0 Å². The Bertz CT molecular complexity index is 347. The summed E-state index contributed by atoms with van der Waals surface area (Å²) in [5, 5.41) is 0. The van der Waals surface area contributed by atoms with E-state index in [1.165, 1.54) is 6.20 Å². The van der Waals surface area contributed by atoms with Crippen molar-refractivity contribution in [3.63, 3.8) is 0 Å². The summed E-state index contributed by atoms with van der Waals surface area (Å²) in [5.41, 5.74) is 4.99. The van der Waals surface area contributed by atoms with Gasteiger partial charge >= 0.3 is 0 Å². The molecule has 0 fully saturated rings. The average Bonchev–Trinajstić information content (AvgIpc) is 1.98. The van der Waals surface area contributed by atoms with Gasteiger partial charge in [-0.05, 0) is 0 Å². The van der Waals surface area contributed by atoms with Crippen LogP contribution >= 0.6 is 0 Å². The van der Waals surface area contributed by atoms with Crippen LogP contribution in [0.15, 0.2) is 11.0 Å². The molecule has 3 N–H and O–H groups in total. The van der Waals surface area contributed by atoms with Crippen LogP contribution in [0.5, 0.6) is 0 Å². The molecule has 0 aliphatic heterocycles. The topological polar surface area (TPSA) is 71.8 Å². The van der Waals surface area contributed by atoms with Crippen LogP contribution in [0.3, 0.4) is 0 Å². The van der Waals surface area contributed by atoms with Crippen LogP contribution in [0.1, 0.15) is 5.82 Å². The number of hydrogen-bond acceptors (Lipinski definition) is 3. The standard InChI is InChI=1S/C7H7N3O/c1-2-3-6-9-4-5(8)7(11)10-6/h1,4H,3,8H2,(H,9,10,11). The third-order valence-corrected chi connectivity index (χ3v) is 1.15. The van der Waals surface area contributed by atoms with Gasteiger partial charge in [-0.2, -0.15) is 0 Å². The van der Waals surface area contributed by atoms with Crippen molar-refractivity contribution in [2.45, 2.75) is 6.42 Å². The van der Waals surface area contributed by atoms with Crippen molar-refractivity contribution in [3.8, 4) is 12.3 Å². The van der Waals surface area contributed by atoms with E-state index in [2.05, 4.69) is 15.9 Å². The minimum Gasteiger partial charge on any atom is -0.393 e. The third-order valence-electron chi connectivity index (χ3n) is 1.15. The molecular formula is C7H7N3O. The number of H-pyrrole nitrogens is 1. The minimum atomic E-state index is -0.342. The van der Waals surface area contributed by atoms with Crippen molar-refractivity contribution in [3.05, 3.63) is 22.4 Å². The fourth-order valence-electron chi connectivity index (χ4n) is 0.628. The smallest absolute Gasteiger partial charge is 0.274 e. The van der Waals surface area contributed by atoms with Crippen molar-refractivity contribution >= 4 is 5.69 Å². The Kier molecular flexibility index (Phi) is 1.93. The first-order chi connectivity index (χ1) is 5.24. The molecule has 56 valence electrons. The van der Waals surface area contributed by atoms with Gasteiger partial charge in [0.2, 0.25) is 0 Å². The fraction of sp³-hybridized carbons (Fsp3) is 0.143. The van der Waals surface area contributed by atoms with E-state index in [0.717, 1.165) is 0 Å². The lowest BCUT2D eigenvalue weighted by Gasteiger charge is -1.93. The normalized spacial score (nSPS) is 9.00. The van der Waals surface area contributed by atoms with Gasteiger partial charge in [0.05, 0.1) is 12.6 Å². The van der Waals surface area contributed by atoms with Crippen LogP contribution in [0.25, 0.3) is 0 Å². The van der Waals surface area contributed by atoms with E-state index < -0.39 is 0 Å². The van der Waals surface area contributed by atoms with Crippen molar-refractivity contribution in [2.75, 3.05) is 5.73 Å². The highest BCUT2D eigenvalue weighted by Gasteiger charge is 1.95. The molecule has 1 aromatic heterocycles. The zero-order valence-corrected chi connectivity index (χ0v) is 5.79. The maximum atomic E-state index is 10.8. The number of nitrogen functional groups attached to an aromatic ring is 1. The van der Waals surface area contributed by atoms with E-state index in [0.29, 0.717) is 12.2 Å². The molecule has 0 aliphatic carbocycles. The first-order valence-corrected chi connectivity index (χ1v) is 3.01. The van der Waals surface area contributed by atoms with E-state index in [9.17, 15) is 4.79 Å². The minimum absolute atomic E-state index is 0.103. The summed E-state index contributed by atoms with van der Waals surface area (Å²) < 4.78 is 0. The zero-order valence-electron chi connectivity index (χ0n) is 5.79. The second-order valence-electron chi connectivity index (χ2n) is 2.00. The predicted octanol–water partition coefficient (Wildman–Crippen LogP) is -0.472. The first kappa shape index (κ1) is 7.35. The summed E-state index contributed by atoms with van der Waals surface area (Å²) in [5.74, 6) is 2.82. The van der Waals surface area contributed by atoms with Gasteiger partial charge in [-0.15, -0.1) is 6.42 Å². The molecule has 0 spiro atoms. The SMILES string of the molecule is C#CCc1ncc(N)c(=O)[nH]1. The van der Waals surface area contributed by atoms with Gasteiger partial charge in [0.1, 0.15) is 11.5 Å².